The SMILES string of the molecule is CC(C)c1ccc(C2C(C(=O)CCc3ccccc3)=C(O)C(=O)N2c2ccc(C(C)C)cc2)cc1. The molecule has 1 aliphatic heterocycles. The van der Waals surface area contributed by atoms with Gasteiger partial charge in [0.2, 0.25) is 0 Å². The minimum absolute atomic E-state index is 0.177. The smallest absolute Gasteiger partial charge is 0.294 e. The van der Waals surface area contributed by atoms with Crippen LogP contribution in [0.1, 0.15) is 74.2 Å². The van der Waals surface area contributed by atoms with Crippen molar-refractivity contribution in [2.24, 2.45) is 0 Å². The summed E-state index contributed by atoms with van der Waals surface area (Å²) in [6.45, 7) is 8.49. The van der Waals surface area contributed by atoms with Crippen LogP contribution in [0.2, 0.25) is 0 Å². The van der Waals surface area contributed by atoms with Gasteiger partial charge in [-0.3, -0.25) is 14.5 Å². The Hall–Kier alpha value is -3.66. The number of anilines is 1. The molecular formula is C31H33NO3. The van der Waals surface area contributed by atoms with E-state index in [-0.39, 0.29) is 17.8 Å². The molecule has 180 valence electrons. The highest BCUT2D eigenvalue weighted by Gasteiger charge is 2.44. The van der Waals surface area contributed by atoms with Crippen molar-refractivity contribution in [3.8, 4) is 0 Å². The molecule has 0 spiro atoms. The molecule has 3 aromatic carbocycles. The van der Waals surface area contributed by atoms with Crippen molar-refractivity contribution in [2.45, 2.75) is 58.4 Å². The van der Waals surface area contributed by atoms with Crippen LogP contribution in [0.25, 0.3) is 0 Å². The zero-order valence-electron chi connectivity index (χ0n) is 20.9. The summed E-state index contributed by atoms with van der Waals surface area (Å²) in [7, 11) is 0. The van der Waals surface area contributed by atoms with Crippen LogP contribution >= 0.6 is 0 Å². The van der Waals surface area contributed by atoms with E-state index in [9.17, 15) is 14.7 Å². The average Bonchev–Trinajstić information content (AvgIpc) is 3.13. The number of rotatable bonds is 8. The van der Waals surface area contributed by atoms with Gasteiger partial charge in [-0.05, 0) is 52.6 Å². The molecule has 1 heterocycles. The van der Waals surface area contributed by atoms with Gasteiger partial charge in [-0.15, -0.1) is 0 Å². The molecule has 4 nitrogen and oxygen atoms in total. The number of Topliss-reactive ketones (excluding diaryl/α,β-unsaturated/α-hetero) is 1. The van der Waals surface area contributed by atoms with E-state index in [1.165, 1.54) is 5.56 Å². The van der Waals surface area contributed by atoms with Crippen LogP contribution in [0.3, 0.4) is 0 Å². The van der Waals surface area contributed by atoms with Crippen LogP contribution in [-0.2, 0) is 16.0 Å². The fourth-order valence-corrected chi connectivity index (χ4v) is 4.59. The van der Waals surface area contributed by atoms with Gasteiger partial charge >= 0.3 is 0 Å². The number of hydrogen-bond donors (Lipinski definition) is 1. The highest BCUT2D eigenvalue weighted by Crippen LogP contribution is 2.42. The van der Waals surface area contributed by atoms with Crippen molar-refractivity contribution in [1.29, 1.82) is 0 Å². The Bertz CT molecular complexity index is 1220. The number of ketones is 1. The summed E-state index contributed by atoms with van der Waals surface area (Å²) in [5.74, 6) is -0.472. The second-order valence-electron chi connectivity index (χ2n) is 9.82. The summed E-state index contributed by atoms with van der Waals surface area (Å²) in [4.78, 5) is 28.4. The molecular weight excluding hydrogens is 434 g/mol. The van der Waals surface area contributed by atoms with Gasteiger partial charge in [0.1, 0.15) is 0 Å². The van der Waals surface area contributed by atoms with Crippen molar-refractivity contribution in [3.05, 3.63) is 112 Å². The van der Waals surface area contributed by atoms with Gasteiger partial charge in [0.05, 0.1) is 11.6 Å². The van der Waals surface area contributed by atoms with Crippen molar-refractivity contribution in [2.75, 3.05) is 4.90 Å². The molecule has 4 heteroatoms. The number of carbonyl (C=O) groups excluding carboxylic acids is 2. The lowest BCUT2D eigenvalue weighted by Gasteiger charge is -2.27. The van der Waals surface area contributed by atoms with Crippen molar-refractivity contribution in [1.82, 2.24) is 0 Å². The van der Waals surface area contributed by atoms with E-state index in [4.69, 9.17) is 0 Å². The van der Waals surface area contributed by atoms with Gasteiger partial charge in [0.15, 0.2) is 11.5 Å². The minimum Gasteiger partial charge on any atom is -0.503 e. The molecule has 0 bridgehead atoms. The van der Waals surface area contributed by atoms with Gasteiger partial charge in [0, 0.05) is 12.1 Å². The van der Waals surface area contributed by atoms with E-state index in [2.05, 4.69) is 27.7 Å². The first-order valence-electron chi connectivity index (χ1n) is 12.3. The minimum atomic E-state index is -0.670. The standard InChI is InChI=1S/C31H33NO3/c1-20(2)23-11-13-25(14-12-23)29-28(27(33)19-10-22-8-6-5-7-9-22)30(34)31(35)32(29)26-17-15-24(16-18-26)21(3)4/h5-9,11-18,20-21,29,34H,10,19H2,1-4H3. The normalized spacial score (nSPS) is 16.0. The van der Waals surface area contributed by atoms with Gasteiger partial charge in [-0.1, -0.05) is 94.4 Å². The number of nitrogens with zero attached hydrogens (tertiary/aromatic N) is 1. The van der Waals surface area contributed by atoms with Gasteiger partial charge in [0.25, 0.3) is 5.91 Å². The molecule has 1 aliphatic rings. The summed E-state index contributed by atoms with van der Waals surface area (Å²) in [6, 6.07) is 24.9. The van der Waals surface area contributed by atoms with Crippen LogP contribution in [0, 0.1) is 0 Å². The molecule has 35 heavy (non-hydrogen) atoms. The molecule has 0 saturated carbocycles. The first-order valence-corrected chi connectivity index (χ1v) is 12.3. The molecule has 1 N–H and O–H groups in total. The monoisotopic (exact) mass is 467 g/mol. The van der Waals surface area contributed by atoms with Crippen LogP contribution in [-0.4, -0.2) is 16.8 Å². The zero-order chi connectivity index (χ0) is 25.1. The Morgan fingerprint density at radius 2 is 1.37 bits per heavy atom. The topological polar surface area (TPSA) is 57.6 Å². The van der Waals surface area contributed by atoms with Crippen molar-refractivity contribution >= 4 is 17.4 Å². The molecule has 0 saturated heterocycles. The first kappa shape index (κ1) is 24.5. The lowest BCUT2D eigenvalue weighted by molar-refractivity contribution is -0.118. The van der Waals surface area contributed by atoms with Gasteiger partial charge in [-0.25, -0.2) is 0 Å². The lowest BCUT2D eigenvalue weighted by atomic mass is 9.91. The summed E-state index contributed by atoms with van der Waals surface area (Å²) in [6.07, 6.45) is 0.768. The zero-order valence-corrected chi connectivity index (χ0v) is 20.9. The van der Waals surface area contributed by atoms with Crippen molar-refractivity contribution < 1.29 is 14.7 Å². The number of hydrogen-bond acceptors (Lipinski definition) is 3. The summed E-state index contributed by atoms with van der Waals surface area (Å²) < 4.78 is 0. The van der Waals surface area contributed by atoms with Crippen LogP contribution < -0.4 is 4.90 Å². The van der Waals surface area contributed by atoms with E-state index in [0.717, 1.165) is 16.7 Å². The van der Waals surface area contributed by atoms with E-state index in [1.54, 1.807) is 4.90 Å². The molecule has 1 amide bonds. The van der Waals surface area contributed by atoms with Crippen LogP contribution in [0.4, 0.5) is 5.69 Å². The second-order valence-corrected chi connectivity index (χ2v) is 9.82. The maximum Gasteiger partial charge on any atom is 0.294 e. The number of carbonyl (C=O) groups is 2. The fourth-order valence-electron chi connectivity index (χ4n) is 4.59. The largest absolute Gasteiger partial charge is 0.503 e. The number of aliphatic hydroxyl groups excluding tert-OH is 1. The first-order chi connectivity index (χ1) is 16.8. The summed E-state index contributed by atoms with van der Waals surface area (Å²) >= 11 is 0. The predicted octanol–water partition coefficient (Wildman–Crippen LogP) is 7.04. The molecule has 1 atom stereocenters. The highest BCUT2D eigenvalue weighted by atomic mass is 16.3. The van der Waals surface area contributed by atoms with E-state index >= 15 is 0 Å². The maximum atomic E-state index is 13.5. The third kappa shape index (κ3) is 5.07. The third-order valence-corrected chi connectivity index (χ3v) is 6.75. The number of aryl methyl sites for hydroxylation is 1. The molecule has 4 rings (SSSR count). The highest BCUT2D eigenvalue weighted by molar-refractivity contribution is 6.16. The molecule has 0 aliphatic carbocycles. The molecule has 1 unspecified atom stereocenters. The average molecular weight is 468 g/mol. The Labute approximate surface area is 207 Å². The molecule has 0 fully saturated rings. The number of aliphatic hydroxyl groups is 1. The second kappa shape index (κ2) is 10.3. The van der Waals surface area contributed by atoms with Crippen LogP contribution in [0.5, 0.6) is 0 Å². The Balaban J connectivity index is 1.72. The molecule has 3 aromatic rings. The summed E-state index contributed by atoms with van der Waals surface area (Å²) in [5.41, 5.74) is 5.03. The predicted molar refractivity (Wildman–Crippen MR) is 141 cm³/mol. The fraction of sp³-hybridized carbons (Fsp3) is 0.290. The molecule has 0 radical (unpaired) electrons. The molecule has 0 aromatic heterocycles. The summed E-state index contributed by atoms with van der Waals surface area (Å²) in [5, 5.41) is 10.9. The van der Waals surface area contributed by atoms with Gasteiger partial charge < -0.3 is 5.11 Å². The van der Waals surface area contributed by atoms with Crippen LogP contribution in [0.15, 0.2) is 90.2 Å². The third-order valence-electron chi connectivity index (χ3n) is 6.75. The van der Waals surface area contributed by atoms with E-state index in [1.807, 2.05) is 78.9 Å². The van der Waals surface area contributed by atoms with Gasteiger partial charge in [-0.2, -0.15) is 0 Å². The van der Waals surface area contributed by atoms with E-state index < -0.39 is 17.7 Å². The number of amides is 1. The van der Waals surface area contributed by atoms with E-state index in [0.29, 0.717) is 23.9 Å². The maximum absolute atomic E-state index is 13.5. The number of benzene rings is 3. The lowest BCUT2D eigenvalue weighted by Crippen LogP contribution is -2.31. The Morgan fingerprint density at radius 3 is 1.91 bits per heavy atom. The Kier molecular flexibility index (Phi) is 7.20. The Morgan fingerprint density at radius 1 is 0.829 bits per heavy atom. The quantitative estimate of drug-likeness (QED) is 0.387. The van der Waals surface area contributed by atoms with Crippen molar-refractivity contribution in [3.63, 3.8) is 0 Å².